The highest BCUT2D eigenvalue weighted by Gasteiger charge is 2.06. The van der Waals surface area contributed by atoms with Crippen LogP contribution in [0.2, 0.25) is 0 Å². The Bertz CT molecular complexity index is 589. The molecule has 2 rings (SSSR count). The van der Waals surface area contributed by atoms with E-state index in [2.05, 4.69) is 14.8 Å². The van der Waals surface area contributed by atoms with Gasteiger partial charge in [-0.2, -0.15) is 5.10 Å². The van der Waals surface area contributed by atoms with E-state index in [4.69, 9.17) is 4.74 Å². The lowest BCUT2D eigenvalue weighted by Gasteiger charge is -2.03. The number of nitrogens with zero attached hydrogens (tertiary/aromatic N) is 3. The van der Waals surface area contributed by atoms with Gasteiger partial charge in [-0.1, -0.05) is 6.08 Å². The van der Waals surface area contributed by atoms with Gasteiger partial charge in [0.05, 0.1) is 26.3 Å². The van der Waals surface area contributed by atoms with Crippen LogP contribution in [0.1, 0.15) is 12.1 Å². The van der Waals surface area contributed by atoms with Gasteiger partial charge in [0.15, 0.2) is 11.4 Å². The number of carbonyl (C=O) groups excluding carboxylic acids is 1. The van der Waals surface area contributed by atoms with Crippen molar-refractivity contribution in [1.29, 1.82) is 0 Å². The fraction of sp³-hybridized carbons (Fsp3) is 0.250. The van der Waals surface area contributed by atoms with Gasteiger partial charge in [0.25, 0.3) is 0 Å². The first-order valence-electron chi connectivity index (χ1n) is 5.36. The second-order valence-electron chi connectivity index (χ2n) is 3.50. The van der Waals surface area contributed by atoms with Gasteiger partial charge >= 0.3 is 5.97 Å². The zero-order valence-electron chi connectivity index (χ0n) is 10.2. The summed E-state index contributed by atoms with van der Waals surface area (Å²) in [4.78, 5) is 15.1. The van der Waals surface area contributed by atoms with Crippen molar-refractivity contribution in [2.75, 3.05) is 14.2 Å². The van der Waals surface area contributed by atoms with Crippen LogP contribution in [-0.4, -0.2) is 34.8 Å². The van der Waals surface area contributed by atoms with E-state index in [1.165, 1.54) is 13.4 Å². The first-order chi connectivity index (χ1) is 8.76. The van der Waals surface area contributed by atoms with E-state index in [-0.39, 0.29) is 12.4 Å². The van der Waals surface area contributed by atoms with Crippen molar-refractivity contribution in [3.63, 3.8) is 0 Å². The third kappa shape index (κ3) is 2.32. The van der Waals surface area contributed by atoms with Gasteiger partial charge in [-0.3, -0.25) is 4.79 Å². The van der Waals surface area contributed by atoms with Gasteiger partial charge in [-0.15, -0.1) is 0 Å². The van der Waals surface area contributed by atoms with Crippen LogP contribution >= 0.6 is 0 Å². The Hall–Kier alpha value is -2.37. The second-order valence-corrected chi connectivity index (χ2v) is 3.50. The Kier molecular flexibility index (Phi) is 3.57. The average molecular weight is 247 g/mol. The molecule has 0 saturated carbocycles. The van der Waals surface area contributed by atoms with Gasteiger partial charge < -0.3 is 9.47 Å². The van der Waals surface area contributed by atoms with E-state index >= 15 is 0 Å². The van der Waals surface area contributed by atoms with Crippen LogP contribution in [0.25, 0.3) is 11.7 Å². The number of rotatable bonds is 4. The molecule has 18 heavy (non-hydrogen) atoms. The molecule has 0 fully saturated rings. The summed E-state index contributed by atoms with van der Waals surface area (Å²) in [5, 5.41) is 4.10. The molecule has 6 nitrogen and oxygen atoms in total. The van der Waals surface area contributed by atoms with Crippen molar-refractivity contribution < 1.29 is 14.3 Å². The lowest BCUT2D eigenvalue weighted by Crippen LogP contribution is -1.98. The molecule has 2 heterocycles. The van der Waals surface area contributed by atoms with Crippen LogP contribution in [0, 0.1) is 0 Å². The summed E-state index contributed by atoms with van der Waals surface area (Å²) in [6.45, 7) is 0. The number of esters is 1. The molecule has 0 amide bonds. The van der Waals surface area contributed by atoms with Crippen LogP contribution in [0.5, 0.6) is 5.75 Å². The number of fused-ring (bicyclic) bond motifs is 1. The van der Waals surface area contributed by atoms with Crippen molar-refractivity contribution >= 4 is 17.7 Å². The molecule has 0 saturated heterocycles. The average Bonchev–Trinajstić information content (AvgIpc) is 2.88. The van der Waals surface area contributed by atoms with E-state index in [0.717, 1.165) is 5.69 Å². The molecule has 0 aliphatic rings. The van der Waals surface area contributed by atoms with E-state index in [1.807, 2.05) is 12.1 Å². The number of methoxy groups -OCH3 is 2. The Morgan fingerprint density at radius 1 is 1.44 bits per heavy atom. The second kappa shape index (κ2) is 5.31. The van der Waals surface area contributed by atoms with Crippen LogP contribution in [0.3, 0.4) is 0 Å². The molecule has 0 aliphatic heterocycles. The fourth-order valence-electron chi connectivity index (χ4n) is 1.55. The first-order valence-corrected chi connectivity index (χ1v) is 5.36. The molecule has 0 atom stereocenters. The van der Waals surface area contributed by atoms with Crippen LogP contribution in [0.4, 0.5) is 0 Å². The summed E-state index contributed by atoms with van der Waals surface area (Å²) >= 11 is 0. The lowest BCUT2D eigenvalue weighted by atomic mass is 10.3. The van der Waals surface area contributed by atoms with Crippen LogP contribution < -0.4 is 4.74 Å². The minimum absolute atomic E-state index is 0.221. The Morgan fingerprint density at radius 2 is 2.28 bits per heavy atom. The first kappa shape index (κ1) is 12.1. The number of pyridine rings is 1. The third-order valence-corrected chi connectivity index (χ3v) is 2.44. The summed E-state index contributed by atoms with van der Waals surface area (Å²) < 4.78 is 11.4. The highest BCUT2D eigenvalue weighted by molar-refractivity contribution is 5.72. The number of hydrogen-bond donors (Lipinski definition) is 0. The number of ether oxygens (including phenoxy) is 2. The molecule has 0 N–H and O–H groups in total. The quantitative estimate of drug-likeness (QED) is 0.762. The topological polar surface area (TPSA) is 65.7 Å². The number of carbonyl (C=O) groups is 1. The van der Waals surface area contributed by atoms with Crippen molar-refractivity contribution in [1.82, 2.24) is 14.6 Å². The molecule has 94 valence electrons. The molecule has 2 aromatic rings. The van der Waals surface area contributed by atoms with Crippen LogP contribution in [-0.2, 0) is 9.53 Å². The molecular formula is C12H13N3O3. The molecular weight excluding hydrogens is 234 g/mol. The molecule has 0 bridgehead atoms. The predicted molar refractivity (Wildman–Crippen MR) is 65.2 cm³/mol. The molecule has 0 spiro atoms. The monoisotopic (exact) mass is 247 g/mol. The fourth-order valence-corrected chi connectivity index (χ4v) is 1.55. The Labute approximate surface area is 104 Å². The molecule has 0 aliphatic carbocycles. The maximum Gasteiger partial charge on any atom is 0.309 e. The standard InChI is InChI=1S/C12H13N3O3/c1-17-10-7-6-9(4-3-5-11(16)18-2)15-12(10)13-8-14-15/h3-4,6-8H,5H2,1-2H3/b4-3+. The molecule has 0 radical (unpaired) electrons. The minimum atomic E-state index is -0.283. The summed E-state index contributed by atoms with van der Waals surface area (Å²) in [5.41, 5.74) is 1.45. The van der Waals surface area contributed by atoms with E-state index in [0.29, 0.717) is 11.4 Å². The highest BCUT2D eigenvalue weighted by Crippen LogP contribution is 2.18. The largest absolute Gasteiger partial charge is 0.493 e. The Morgan fingerprint density at radius 3 is 3.00 bits per heavy atom. The molecule has 2 aromatic heterocycles. The van der Waals surface area contributed by atoms with Crippen molar-refractivity contribution in [3.05, 3.63) is 30.2 Å². The predicted octanol–water partition coefficient (Wildman–Crippen LogP) is 1.31. The number of aromatic nitrogens is 3. The lowest BCUT2D eigenvalue weighted by molar-refractivity contribution is -0.139. The highest BCUT2D eigenvalue weighted by atomic mass is 16.5. The summed E-state index contributed by atoms with van der Waals surface area (Å²) in [6.07, 6.45) is 5.18. The maximum absolute atomic E-state index is 11.0. The number of hydrogen-bond acceptors (Lipinski definition) is 5. The van der Waals surface area contributed by atoms with E-state index < -0.39 is 0 Å². The van der Waals surface area contributed by atoms with E-state index in [9.17, 15) is 4.79 Å². The molecule has 6 heteroatoms. The normalized spacial score (nSPS) is 11.0. The summed E-state index contributed by atoms with van der Waals surface area (Å²) in [5.74, 6) is 0.368. The van der Waals surface area contributed by atoms with Crippen LogP contribution in [0.15, 0.2) is 24.5 Å². The van der Waals surface area contributed by atoms with Crippen molar-refractivity contribution in [3.8, 4) is 5.75 Å². The van der Waals surface area contributed by atoms with Gasteiger partial charge in [0.2, 0.25) is 0 Å². The molecule has 0 unspecified atom stereocenters. The zero-order valence-corrected chi connectivity index (χ0v) is 10.2. The van der Waals surface area contributed by atoms with Gasteiger partial charge in [0, 0.05) is 0 Å². The van der Waals surface area contributed by atoms with Crippen molar-refractivity contribution in [2.24, 2.45) is 0 Å². The summed E-state index contributed by atoms with van der Waals surface area (Å²) in [6, 6.07) is 3.65. The van der Waals surface area contributed by atoms with Gasteiger partial charge in [-0.05, 0) is 18.2 Å². The van der Waals surface area contributed by atoms with Gasteiger partial charge in [0.1, 0.15) is 6.33 Å². The third-order valence-electron chi connectivity index (χ3n) is 2.44. The SMILES string of the molecule is COC(=O)C/C=C/c1ccc(OC)c2ncnn12. The minimum Gasteiger partial charge on any atom is -0.493 e. The zero-order chi connectivity index (χ0) is 13.0. The summed E-state index contributed by atoms with van der Waals surface area (Å²) in [7, 11) is 2.94. The Balaban J connectivity index is 2.29. The van der Waals surface area contributed by atoms with E-state index in [1.54, 1.807) is 23.8 Å². The molecule has 0 aromatic carbocycles. The van der Waals surface area contributed by atoms with Crippen molar-refractivity contribution in [2.45, 2.75) is 6.42 Å². The van der Waals surface area contributed by atoms with Gasteiger partial charge in [-0.25, -0.2) is 9.50 Å². The smallest absolute Gasteiger partial charge is 0.309 e. The maximum atomic E-state index is 11.0.